The van der Waals surface area contributed by atoms with E-state index in [-0.39, 0.29) is 11.5 Å². The van der Waals surface area contributed by atoms with E-state index in [1.54, 1.807) is 36.4 Å². The maximum Gasteiger partial charge on any atom is 0.335 e. The lowest BCUT2D eigenvalue weighted by Crippen LogP contribution is -2.21. The predicted molar refractivity (Wildman–Crippen MR) is 89.2 cm³/mol. The van der Waals surface area contributed by atoms with E-state index < -0.39 is 5.97 Å². The average molecular weight is 310 g/mol. The van der Waals surface area contributed by atoms with Gasteiger partial charge in [-0.1, -0.05) is 18.2 Å². The van der Waals surface area contributed by atoms with Gasteiger partial charge in [0.2, 0.25) is 0 Å². The fraction of sp³-hybridized carbons (Fsp3) is 0.222. The van der Waals surface area contributed by atoms with Crippen LogP contribution in [0, 0.1) is 0 Å². The van der Waals surface area contributed by atoms with Gasteiger partial charge < -0.3 is 15.3 Å². The van der Waals surface area contributed by atoms with Gasteiger partial charge in [-0.25, -0.2) is 4.79 Å². The summed E-state index contributed by atoms with van der Waals surface area (Å²) in [5, 5.41) is 12.0. The highest BCUT2D eigenvalue weighted by Crippen LogP contribution is 2.30. The van der Waals surface area contributed by atoms with Gasteiger partial charge >= 0.3 is 5.97 Å². The fourth-order valence-electron chi connectivity index (χ4n) is 2.79. The minimum absolute atomic E-state index is 0.163. The zero-order valence-corrected chi connectivity index (χ0v) is 12.7. The quantitative estimate of drug-likeness (QED) is 0.909. The molecule has 0 unspecified atom stereocenters. The van der Waals surface area contributed by atoms with Gasteiger partial charge in [-0.2, -0.15) is 0 Å². The van der Waals surface area contributed by atoms with Gasteiger partial charge in [0.25, 0.3) is 5.91 Å². The molecule has 1 fully saturated rings. The largest absolute Gasteiger partial charge is 0.478 e. The molecule has 3 rings (SSSR count). The van der Waals surface area contributed by atoms with Crippen LogP contribution in [0.25, 0.3) is 0 Å². The van der Waals surface area contributed by atoms with Gasteiger partial charge in [0.1, 0.15) is 0 Å². The molecule has 1 saturated heterocycles. The number of hydrogen-bond donors (Lipinski definition) is 2. The normalized spacial score (nSPS) is 13.8. The lowest BCUT2D eigenvalue weighted by atomic mass is 10.1. The Morgan fingerprint density at radius 2 is 1.65 bits per heavy atom. The Bertz CT molecular complexity index is 722. The van der Waals surface area contributed by atoms with Gasteiger partial charge in [0.15, 0.2) is 0 Å². The van der Waals surface area contributed by atoms with Crippen molar-refractivity contribution in [3.63, 3.8) is 0 Å². The van der Waals surface area contributed by atoms with Gasteiger partial charge in [-0.15, -0.1) is 0 Å². The predicted octanol–water partition coefficient (Wildman–Crippen LogP) is 3.24. The number of anilines is 2. The van der Waals surface area contributed by atoms with Crippen molar-refractivity contribution in [3.05, 3.63) is 59.7 Å². The van der Waals surface area contributed by atoms with Crippen LogP contribution < -0.4 is 10.2 Å². The molecule has 1 heterocycles. The van der Waals surface area contributed by atoms with Crippen LogP contribution in [-0.2, 0) is 0 Å². The van der Waals surface area contributed by atoms with Crippen molar-refractivity contribution >= 4 is 23.3 Å². The number of nitrogens with one attached hydrogen (secondary N) is 1. The summed E-state index contributed by atoms with van der Waals surface area (Å²) in [4.78, 5) is 25.8. The summed E-state index contributed by atoms with van der Waals surface area (Å²) in [5.74, 6) is -1.25. The van der Waals surface area contributed by atoms with Gasteiger partial charge in [0.05, 0.1) is 16.9 Å². The smallest absolute Gasteiger partial charge is 0.335 e. The minimum atomic E-state index is -1.01. The molecule has 2 aromatic carbocycles. The van der Waals surface area contributed by atoms with Crippen LogP contribution in [0.15, 0.2) is 48.5 Å². The molecule has 0 bridgehead atoms. The van der Waals surface area contributed by atoms with Crippen LogP contribution in [0.1, 0.15) is 33.6 Å². The molecule has 118 valence electrons. The van der Waals surface area contributed by atoms with E-state index in [1.165, 1.54) is 6.07 Å². The third kappa shape index (κ3) is 3.34. The number of carboxylic acids is 1. The highest BCUT2D eigenvalue weighted by molar-refractivity contribution is 6.06. The lowest BCUT2D eigenvalue weighted by molar-refractivity contribution is 0.0696. The first-order valence-electron chi connectivity index (χ1n) is 7.64. The van der Waals surface area contributed by atoms with E-state index in [2.05, 4.69) is 10.2 Å². The summed E-state index contributed by atoms with van der Waals surface area (Å²) in [6.07, 6.45) is 2.21. The first kappa shape index (κ1) is 15.1. The molecule has 0 radical (unpaired) electrons. The molecular weight excluding hydrogens is 292 g/mol. The van der Waals surface area contributed by atoms with Gasteiger partial charge in [-0.05, 0) is 43.2 Å². The van der Waals surface area contributed by atoms with Gasteiger partial charge in [-0.3, -0.25) is 4.79 Å². The molecule has 5 heteroatoms. The zero-order chi connectivity index (χ0) is 16.2. The number of hydrogen-bond acceptors (Lipinski definition) is 3. The van der Waals surface area contributed by atoms with Crippen LogP contribution in [0.3, 0.4) is 0 Å². The molecule has 1 aliphatic heterocycles. The molecule has 1 aliphatic rings. The van der Waals surface area contributed by atoms with Crippen molar-refractivity contribution in [2.24, 2.45) is 0 Å². The Labute approximate surface area is 134 Å². The molecule has 0 atom stereocenters. The van der Waals surface area contributed by atoms with E-state index in [4.69, 9.17) is 0 Å². The van der Waals surface area contributed by atoms with Crippen molar-refractivity contribution in [1.29, 1.82) is 0 Å². The summed E-state index contributed by atoms with van der Waals surface area (Å²) >= 11 is 0. The molecule has 2 N–H and O–H groups in total. The maximum absolute atomic E-state index is 12.4. The number of carboxylic acid groups (broad SMARTS) is 1. The van der Waals surface area contributed by atoms with Crippen LogP contribution >= 0.6 is 0 Å². The molecule has 0 saturated carbocycles. The SMILES string of the molecule is O=C(O)c1ccc(N2CCCC2)c(NC(=O)c2ccccc2)c1. The van der Waals surface area contributed by atoms with Crippen LogP contribution in [0.5, 0.6) is 0 Å². The Balaban J connectivity index is 1.92. The maximum atomic E-state index is 12.4. The topological polar surface area (TPSA) is 69.6 Å². The van der Waals surface area contributed by atoms with Crippen molar-refractivity contribution < 1.29 is 14.7 Å². The summed E-state index contributed by atoms with van der Waals surface area (Å²) in [7, 11) is 0. The van der Waals surface area contributed by atoms with Crippen molar-refractivity contribution in [2.45, 2.75) is 12.8 Å². The van der Waals surface area contributed by atoms with E-state index >= 15 is 0 Å². The van der Waals surface area contributed by atoms with E-state index in [1.807, 2.05) is 6.07 Å². The Morgan fingerprint density at radius 1 is 0.957 bits per heavy atom. The van der Waals surface area contributed by atoms with Crippen molar-refractivity contribution in [3.8, 4) is 0 Å². The highest BCUT2D eigenvalue weighted by Gasteiger charge is 2.19. The number of rotatable bonds is 4. The van der Waals surface area contributed by atoms with Crippen LogP contribution in [0.4, 0.5) is 11.4 Å². The summed E-state index contributed by atoms with van der Waals surface area (Å²) < 4.78 is 0. The van der Waals surface area contributed by atoms with E-state index in [0.29, 0.717) is 11.3 Å². The Kier molecular flexibility index (Phi) is 4.28. The second-order valence-corrected chi connectivity index (χ2v) is 5.55. The van der Waals surface area contributed by atoms with E-state index in [0.717, 1.165) is 31.6 Å². The first-order chi connectivity index (χ1) is 11.1. The summed E-state index contributed by atoms with van der Waals surface area (Å²) in [5.41, 5.74) is 2.12. The zero-order valence-electron chi connectivity index (χ0n) is 12.7. The highest BCUT2D eigenvalue weighted by atomic mass is 16.4. The Hall–Kier alpha value is -2.82. The molecule has 0 aliphatic carbocycles. The molecule has 1 amide bonds. The molecule has 23 heavy (non-hydrogen) atoms. The van der Waals surface area contributed by atoms with Gasteiger partial charge in [0, 0.05) is 18.7 Å². The first-order valence-corrected chi connectivity index (χ1v) is 7.64. The molecule has 5 nitrogen and oxygen atoms in total. The van der Waals surface area contributed by atoms with Crippen molar-refractivity contribution in [2.75, 3.05) is 23.3 Å². The van der Waals surface area contributed by atoms with Crippen LogP contribution in [0.2, 0.25) is 0 Å². The summed E-state index contributed by atoms with van der Waals surface area (Å²) in [6.45, 7) is 1.83. The number of aromatic carboxylic acids is 1. The summed E-state index contributed by atoms with van der Waals surface area (Å²) in [6, 6.07) is 13.8. The number of carbonyl (C=O) groups excluding carboxylic acids is 1. The lowest BCUT2D eigenvalue weighted by Gasteiger charge is -2.22. The van der Waals surface area contributed by atoms with Crippen LogP contribution in [-0.4, -0.2) is 30.1 Å². The second kappa shape index (κ2) is 6.52. The average Bonchev–Trinajstić information content (AvgIpc) is 3.09. The van der Waals surface area contributed by atoms with Crippen molar-refractivity contribution in [1.82, 2.24) is 0 Å². The Morgan fingerprint density at radius 3 is 2.30 bits per heavy atom. The monoisotopic (exact) mass is 310 g/mol. The number of carbonyl (C=O) groups is 2. The fourth-order valence-corrected chi connectivity index (χ4v) is 2.79. The number of nitrogens with zero attached hydrogens (tertiary/aromatic N) is 1. The third-order valence-electron chi connectivity index (χ3n) is 3.97. The standard InChI is InChI=1S/C18H18N2O3/c21-17(13-6-2-1-3-7-13)19-15-12-14(18(22)23)8-9-16(15)20-10-4-5-11-20/h1-3,6-9,12H,4-5,10-11H2,(H,19,21)(H,22,23). The third-order valence-corrected chi connectivity index (χ3v) is 3.97. The van der Waals surface area contributed by atoms with E-state index in [9.17, 15) is 14.7 Å². The molecule has 0 aromatic heterocycles. The number of amides is 1. The molecule has 0 spiro atoms. The molecule has 2 aromatic rings. The minimum Gasteiger partial charge on any atom is -0.478 e. The second-order valence-electron chi connectivity index (χ2n) is 5.55. The molecular formula is C18H18N2O3. The number of benzene rings is 2.